The van der Waals surface area contributed by atoms with Crippen LogP contribution in [0.3, 0.4) is 0 Å². The van der Waals surface area contributed by atoms with Gasteiger partial charge in [-0.05, 0) is 26.0 Å². The van der Waals surface area contributed by atoms with Crippen LogP contribution in [0.4, 0.5) is 5.69 Å². The van der Waals surface area contributed by atoms with Crippen LogP contribution in [0.1, 0.15) is 19.7 Å². The van der Waals surface area contributed by atoms with Gasteiger partial charge in [-0.2, -0.15) is 0 Å². The number of hydrogen-bond acceptors (Lipinski definition) is 2. The molecule has 0 unspecified atom stereocenters. The highest BCUT2D eigenvalue weighted by molar-refractivity contribution is 6.33. The molecule has 0 bridgehead atoms. The van der Waals surface area contributed by atoms with Crippen molar-refractivity contribution in [2.75, 3.05) is 4.90 Å². The fraction of sp³-hybridized carbons (Fsp3) is 0.308. The van der Waals surface area contributed by atoms with Gasteiger partial charge < -0.3 is 9.88 Å². The van der Waals surface area contributed by atoms with Gasteiger partial charge in [0.25, 0.3) is 0 Å². The number of hydrogen-bond donors (Lipinski definition) is 1. The summed E-state index contributed by atoms with van der Waals surface area (Å²) in [6, 6.07) is 8.25. The summed E-state index contributed by atoms with van der Waals surface area (Å²) in [7, 11) is 0. The van der Waals surface area contributed by atoms with E-state index in [-0.39, 0.29) is 0 Å². The molecule has 2 rings (SSSR count). The molecule has 0 aliphatic heterocycles. The Morgan fingerprint density at radius 3 is 2.71 bits per heavy atom. The molecular weight excluding hydrogens is 234 g/mol. The van der Waals surface area contributed by atoms with E-state index in [1.54, 1.807) is 6.20 Å². The minimum absolute atomic E-state index is 0.361. The molecule has 17 heavy (non-hydrogen) atoms. The van der Waals surface area contributed by atoms with Gasteiger partial charge in [-0.1, -0.05) is 23.7 Å². The van der Waals surface area contributed by atoms with Gasteiger partial charge in [-0.25, -0.2) is 4.98 Å². The highest BCUT2D eigenvalue weighted by Gasteiger charge is 2.14. The summed E-state index contributed by atoms with van der Waals surface area (Å²) in [6.07, 6.45) is 3.60. The summed E-state index contributed by atoms with van der Waals surface area (Å²) >= 11 is 6.23. The standard InChI is InChI=1S/C13H16ClN3/c1-10(2)17(9-13-15-7-8-16-13)12-6-4-3-5-11(12)14/h3-8,10H,9H2,1-2H3,(H,15,16). The Hall–Kier alpha value is -1.48. The largest absolute Gasteiger partial charge is 0.360 e. The fourth-order valence-electron chi connectivity index (χ4n) is 1.78. The van der Waals surface area contributed by atoms with Crippen molar-refractivity contribution in [3.63, 3.8) is 0 Å². The summed E-state index contributed by atoms with van der Waals surface area (Å²) < 4.78 is 0. The molecule has 0 atom stereocenters. The lowest BCUT2D eigenvalue weighted by molar-refractivity contribution is 0.666. The lowest BCUT2D eigenvalue weighted by Crippen LogP contribution is -2.30. The third-order valence-corrected chi connectivity index (χ3v) is 2.98. The van der Waals surface area contributed by atoms with Gasteiger partial charge in [0.2, 0.25) is 0 Å². The number of para-hydroxylation sites is 1. The van der Waals surface area contributed by atoms with Gasteiger partial charge in [0.1, 0.15) is 5.82 Å². The van der Waals surface area contributed by atoms with Gasteiger partial charge in [0, 0.05) is 18.4 Å². The average Bonchev–Trinajstić information content (AvgIpc) is 2.79. The number of nitrogens with one attached hydrogen (secondary N) is 1. The van der Waals surface area contributed by atoms with Crippen molar-refractivity contribution < 1.29 is 0 Å². The molecule has 4 heteroatoms. The Morgan fingerprint density at radius 1 is 1.35 bits per heavy atom. The molecule has 0 saturated carbocycles. The third kappa shape index (κ3) is 2.80. The van der Waals surface area contributed by atoms with E-state index in [2.05, 4.69) is 28.7 Å². The predicted octanol–water partition coefficient (Wildman–Crippen LogP) is 3.48. The Kier molecular flexibility index (Phi) is 3.69. The van der Waals surface area contributed by atoms with Crippen LogP contribution < -0.4 is 4.90 Å². The number of rotatable bonds is 4. The van der Waals surface area contributed by atoms with Crippen molar-refractivity contribution in [2.45, 2.75) is 26.4 Å². The van der Waals surface area contributed by atoms with E-state index in [0.29, 0.717) is 6.04 Å². The first-order valence-electron chi connectivity index (χ1n) is 5.68. The number of aromatic amines is 1. The van der Waals surface area contributed by atoms with Crippen molar-refractivity contribution in [1.82, 2.24) is 9.97 Å². The summed E-state index contributed by atoms with van der Waals surface area (Å²) in [6.45, 7) is 5.02. The maximum atomic E-state index is 6.23. The Balaban J connectivity index is 2.27. The first-order chi connectivity index (χ1) is 8.18. The molecule has 0 aliphatic rings. The molecule has 0 saturated heterocycles. The number of imidazole rings is 1. The van der Waals surface area contributed by atoms with Crippen LogP contribution in [-0.4, -0.2) is 16.0 Å². The molecular formula is C13H16ClN3. The molecule has 3 nitrogen and oxygen atoms in total. The quantitative estimate of drug-likeness (QED) is 0.900. The summed E-state index contributed by atoms with van der Waals surface area (Å²) in [4.78, 5) is 9.59. The molecule has 0 amide bonds. The van der Waals surface area contributed by atoms with Crippen LogP contribution in [0.25, 0.3) is 0 Å². The topological polar surface area (TPSA) is 31.9 Å². The third-order valence-electron chi connectivity index (χ3n) is 2.66. The van der Waals surface area contributed by atoms with E-state index in [4.69, 9.17) is 11.6 Å². The van der Waals surface area contributed by atoms with E-state index in [1.807, 2.05) is 30.5 Å². The SMILES string of the molecule is CC(C)N(Cc1ncc[nH]1)c1ccccc1Cl. The van der Waals surface area contributed by atoms with Crippen LogP contribution in [0.15, 0.2) is 36.7 Å². The zero-order chi connectivity index (χ0) is 12.3. The number of H-pyrrole nitrogens is 1. The van der Waals surface area contributed by atoms with E-state index >= 15 is 0 Å². The van der Waals surface area contributed by atoms with Crippen molar-refractivity contribution in [3.05, 3.63) is 47.5 Å². The van der Waals surface area contributed by atoms with E-state index in [0.717, 1.165) is 23.1 Å². The van der Waals surface area contributed by atoms with Crippen LogP contribution in [-0.2, 0) is 6.54 Å². The molecule has 1 aromatic heterocycles. The average molecular weight is 250 g/mol. The second-order valence-electron chi connectivity index (χ2n) is 4.21. The lowest BCUT2D eigenvalue weighted by atomic mass is 10.2. The Labute approximate surface area is 106 Å². The zero-order valence-corrected chi connectivity index (χ0v) is 10.8. The van der Waals surface area contributed by atoms with Gasteiger partial charge in [-0.15, -0.1) is 0 Å². The van der Waals surface area contributed by atoms with E-state index < -0.39 is 0 Å². The number of benzene rings is 1. The first-order valence-corrected chi connectivity index (χ1v) is 6.05. The number of nitrogens with zero attached hydrogens (tertiary/aromatic N) is 2. The van der Waals surface area contributed by atoms with Crippen molar-refractivity contribution in [2.24, 2.45) is 0 Å². The number of halogens is 1. The second-order valence-corrected chi connectivity index (χ2v) is 4.62. The van der Waals surface area contributed by atoms with Gasteiger partial charge >= 0.3 is 0 Å². The smallest absolute Gasteiger partial charge is 0.125 e. The normalized spacial score (nSPS) is 10.8. The summed E-state index contributed by atoms with van der Waals surface area (Å²) in [5.41, 5.74) is 1.04. The minimum atomic E-state index is 0.361. The molecule has 1 aromatic carbocycles. The molecule has 2 aromatic rings. The summed E-state index contributed by atoms with van der Waals surface area (Å²) in [5, 5.41) is 0.771. The van der Waals surface area contributed by atoms with Crippen LogP contribution in [0.2, 0.25) is 5.02 Å². The zero-order valence-electron chi connectivity index (χ0n) is 10.0. The molecule has 0 spiro atoms. The van der Waals surface area contributed by atoms with Gasteiger partial charge in [-0.3, -0.25) is 0 Å². The minimum Gasteiger partial charge on any atom is -0.360 e. The van der Waals surface area contributed by atoms with Gasteiger partial charge in [0.05, 0.1) is 17.3 Å². The molecule has 1 heterocycles. The number of anilines is 1. The first kappa shape index (κ1) is 12.0. The van der Waals surface area contributed by atoms with Crippen molar-refractivity contribution in [1.29, 1.82) is 0 Å². The van der Waals surface area contributed by atoms with Crippen molar-refractivity contribution >= 4 is 17.3 Å². The van der Waals surface area contributed by atoms with Gasteiger partial charge in [0.15, 0.2) is 0 Å². The van der Waals surface area contributed by atoms with Crippen LogP contribution in [0, 0.1) is 0 Å². The summed E-state index contributed by atoms with van der Waals surface area (Å²) in [5.74, 6) is 0.943. The monoisotopic (exact) mass is 249 g/mol. The molecule has 0 radical (unpaired) electrons. The molecule has 0 aliphatic carbocycles. The fourth-order valence-corrected chi connectivity index (χ4v) is 2.02. The van der Waals surface area contributed by atoms with E-state index in [9.17, 15) is 0 Å². The second kappa shape index (κ2) is 5.23. The highest BCUT2D eigenvalue weighted by Crippen LogP contribution is 2.27. The Morgan fingerprint density at radius 2 is 2.12 bits per heavy atom. The van der Waals surface area contributed by atoms with Crippen molar-refractivity contribution in [3.8, 4) is 0 Å². The molecule has 1 N–H and O–H groups in total. The maximum Gasteiger partial charge on any atom is 0.125 e. The van der Waals surface area contributed by atoms with Crippen LogP contribution in [0.5, 0.6) is 0 Å². The van der Waals surface area contributed by atoms with E-state index in [1.165, 1.54) is 0 Å². The number of aromatic nitrogens is 2. The highest BCUT2D eigenvalue weighted by atomic mass is 35.5. The Bertz CT molecular complexity index is 465. The molecule has 0 fully saturated rings. The maximum absolute atomic E-state index is 6.23. The molecule has 90 valence electrons. The predicted molar refractivity (Wildman–Crippen MR) is 71.4 cm³/mol. The lowest BCUT2D eigenvalue weighted by Gasteiger charge is -2.28. The van der Waals surface area contributed by atoms with Crippen LogP contribution >= 0.6 is 11.6 Å².